The van der Waals surface area contributed by atoms with Gasteiger partial charge >= 0.3 is 5.70 Å². The summed E-state index contributed by atoms with van der Waals surface area (Å²) in [5.41, 5.74) is -2.02. The Kier molecular flexibility index (Phi) is 5.69. The lowest BCUT2D eigenvalue weighted by Gasteiger charge is -2.15. The molecule has 1 rings (SSSR count). The summed E-state index contributed by atoms with van der Waals surface area (Å²) in [6.45, 7) is 1.93. The van der Waals surface area contributed by atoms with Gasteiger partial charge < -0.3 is 4.55 Å². The largest absolute Gasteiger partial charge is 0.593 e. The maximum atomic E-state index is 11.8. The molecule has 5 nitrogen and oxygen atoms in total. The third-order valence-electron chi connectivity index (χ3n) is 1.71. The molecule has 0 radical (unpaired) electrons. The van der Waals surface area contributed by atoms with Crippen molar-refractivity contribution in [2.45, 2.75) is 11.8 Å². The van der Waals surface area contributed by atoms with Crippen LogP contribution in [0.2, 0.25) is 0 Å². The molecule has 90 valence electrons. The second-order valence-corrected chi connectivity index (χ2v) is 11.1. The molecule has 0 aliphatic rings. The first kappa shape index (κ1) is 14.4. The summed E-state index contributed by atoms with van der Waals surface area (Å²) in [6, 6.07) is 7.05. The zero-order valence-electron chi connectivity index (χ0n) is 8.45. The summed E-state index contributed by atoms with van der Waals surface area (Å²) in [5, 5.41) is 10.4. The standard InChI is InChI=1S/C7H12N3O2PS3/c1-6-2-4-7(5-3-6)16(12)10-13(11,14-8)15-9/h2-5H,8-9H2,1H3,(H,10,11). The molecule has 0 saturated heterocycles. The number of benzene rings is 1. The molecule has 0 aliphatic heterocycles. The zero-order chi connectivity index (χ0) is 12.2. The van der Waals surface area contributed by atoms with Crippen LogP contribution in [0.3, 0.4) is 0 Å². The molecule has 1 atom stereocenters. The Bertz CT molecular complexity index is 381. The van der Waals surface area contributed by atoms with Gasteiger partial charge in [0.1, 0.15) is 0 Å². The number of aryl methyl sites for hydroxylation is 1. The molecule has 1 aromatic rings. The fourth-order valence-electron chi connectivity index (χ4n) is 0.884. The molecule has 0 aromatic heterocycles. The molecule has 0 heterocycles. The van der Waals surface area contributed by atoms with Crippen LogP contribution in [0.25, 0.3) is 0 Å². The zero-order valence-corrected chi connectivity index (χ0v) is 11.8. The van der Waals surface area contributed by atoms with E-state index in [0.29, 0.717) is 28.0 Å². The van der Waals surface area contributed by atoms with Gasteiger partial charge in [-0.05, 0) is 19.1 Å². The van der Waals surface area contributed by atoms with E-state index in [9.17, 15) is 9.12 Å². The van der Waals surface area contributed by atoms with Gasteiger partial charge in [0.15, 0.2) is 4.90 Å². The van der Waals surface area contributed by atoms with Crippen molar-refractivity contribution in [1.82, 2.24) is 4.49 Å². The molecule has 0 fully saturated rings. The first-order chi connectivity index (χ1) is 7.50. The van der Waals surface area contributed by atoms with Crippen LogP contribution < -0.4 is 14.8 Å². The fraction of sp³-hybridized carbons (Fsp3) is 0.143. The van der Waals surface area contributed by atoms with Crippen LogP contribution in [0.1, 0.15) is 5.56 Å². The van der Waals surface area contributed by atoms with Crippen LogP contribution in [-0.4, -0.2) is 4.55 Å². The van der Waals surface area contributed by atoms with E-state index in [1.807, 2.05) is 19.1 Å². The monoisotopic (exact) mass is 297 g/mol. The van der Waals surface area contributed by atoms with Gasteiger partial charge in [0, 0.05) is 23.1 Å². The second kappa shape index (κ2) is 6.32. The van der Waals surface area contributed by atoms with Crippen molar-refractivity contribution in [3.05, 3.63) is 29.8 Å². The van der Waals surface area contributed by atoms with Gasteiger partial charge in [-0.1, -0.05) is 22.2 Å². The van der Waals surface area contributed by atoms with Gasteiger partial charge in [-0.25, -0.2) is 0 Å². The van der Waals surface area contributed by atoms with Gasteiger partial charge in [-0.3, -0.25) is 14.8 Å². The molecule has 0 bridgehead atoms. The maximum absolute atomic E-state index is 11.8. The topological polar surface area (TPSA) is 104 Å². The maximum Gasteiger partial charge on any atom is 0.323 e. The van der Waals surface area contributed by atoms with E-state index in [1.165, 1.54) is 0 Å². The van der Waals surface area contributed by atoms with E-state index in [1.54, 1.807) is 12.1 Å². The lowest BCUT2D eigenvalue weighted by molar-refractivity contribution is 0.579. The van der Waals surface area contributed by atoms with Gasteiger partial charge in [-0.15, -0.1) is 0 Å². The van der Waals surface area contributed by atoms with Crippen LogP contribution >= 0.6 is 28.8 Å². The minimum absolute atomic E-state index is 0.536. The van der Waals surface area contributed by atoms with E-state index < -0.39 is 17.1 Å². The Morgan fingerprint density at radius 3 is 2.25 bits per heavy atom. The minimum atomic E-state index is -3.08. The summed E-state index contributed by atoms with van der Waals surface area (Å²) >= 11 is -0.400. The van der Waals surface area contributed by atoms with Gasteiger partial charge in [0.2, 0.25) is 0 Å². The SMILES string of the molecule is Cc1ccc([S+]([O-])NP(=O)(SN)SN)cc1. The molecule has 1 unspecified atom stereocenters. The number of hydrogen-bond donors (Lipinski definition) is 3. The van der Waals surface area contributed by atoms with Gasteiger partial charge in [-0.2, -0.15) is 0 Å². The summed E-state index contributed by atoms with van der Waals surface area (Å²) < 4.78 is 26.0. The lowest BCUT2D eigenvalue weighted by atomic mass is 10.2. The Balaban J connectivity index is 2.75. The first-order valence-electron chi connectivity index (χ1n) is 4.14. The summed E-state index contributed by atoms with van der Waals surface area (Å²) in [6.07, 6.45) is 0. The number of nitrogens with one attached hydrogen (secondary N) is 1. The highest BCUT2D eigenvalue weighted by Crippen LogP contribution is 2.61. The molecular formula is C7H12N3O2PS3. The Labute approximate surface area is 106 Å². The average Bonchev–Trinajstić information content (AvgIpc) is 2.29. The van der Waals surface area contributed by atoms with Gasteiger partial charge in [0.05, 0.1) is 11.4 Å². The first-order valence-corrected chi connectivity index (χ1v) is 9.97. The van der Waals surface area contributed by atoms with E-state index >= 15 is 0 Å². The smallest absolute Gasteiger partial charge is 0.323 e. The minimum Gasteiger partial charge on any atom is -0.593 e. The van der Waals surface area contributed by atoms with Crippen LogP contribution in [0.4, 0.5) is 0 Å². The predicted molar refractivity (Wildman–Crippen MR) is 71.9 cm³/mol. The van der Waals surface area contributed by atoms with Crippen molar-refractivity contribution in [3.63, 3.8) is 0 Å². The predicted octanol–water partition coefficient (Wildman–Crippen LogP) is 1.93. The van der Waals surface area contributed by atoms with Crippen molar-refractivity contribution in [3.8, 4) is 0 Å². The Morgan fingerprint density at radius 1 is 1.31 bits per heavy atom. The van der Waals surface area contributed by atoms with Crippen molar-refractivity contribution >= 4 is 40.2 Å². The van der Waals surface area contributed by atoms with Crippen LogP contribution in [0, 0.1) is 6.92 Å². The molecule has 9 heteroatoms. The molecule has 0 amide bonds. The lowest BCUT2D eigenvalue weighted by Crippen LogP contribution is -2.19. The van der Waals surface area contributed by atoms with Crippen LogP contribution in [0.5, 0.6) is 0 Å². The highest BCUT2D eigenvalue weighted by Gasteiger charge is 2.28. The van der Waals surface area contributed by atoms with Crippen LogP contribution in [0.15, 0.2) is 29.2 Å². The fourth-order valence-corrected chi connectivity index (χ4v) is 5.48. The number of rotatable bonds is 5. The van der Waals surface area contributed by atoms with Crippen molar-refractivity contribution in [1.29, 1.82) is 0 Å². The number of hydrogen-bond acceptors (Lipinski definition) is 6. The molecule has 0 saturated carbocycles. The molecule has 16 heavy (non-hydrogen) atoms. The Hall–Kier alpha value is 0.340. The number of nitrogens with two attached hydrogens (primary N) is 2. The van der Waals surface area contributed by atoms with Crippen molar-refractivity contribution in [2.24, 2.45) is 10.3 Å². The highest BCUT2D eigenvalue weighted by atomic mass is 33.1. The molecule has 0 spiro atoms. The van der Waals surface area contributed by atoms with E-state index in [-0.39, 0.29) is 0 Å². The van der Waals surface area contributed by atoms with E-state index in [4.69, 9.17) is 10.3 Å². The highest BCUT2D eigenvalue weighted by molar-refractivity contribution is 8.89. The van der Waals surface area contributed by atoms with Crippen molar-refractivity contribution in [2.75, 3.05) is 0 Å². The molecular weight excluding hydrogens is 285 g/mol. The summed E-state index contributed by atoms with van der Waals surface area (Å²) in [5.74, 6) is 0. The van der Waals surface area contributed by atoms with Gasteiger partial charge in [0.25, 0.3) is 0 Å². The third kappa shape index (κ3) is 3.97. The second-order valence-electron chi connectivity index (χ2n) is 2.88. The molecule has 0 aliphatic carbocycles. The summed E-state index contributed by atoms with van der Waals surface area (Å²) in [4.78, 5) is 0.536. The Morgan fingerprint density at radius 2 is 1.81 bits per heavy atom. The quantitative estimate of drug-likeness (QED) is 0.433. The molecule has 5 N–H and O–H groups in total. The summed E-state index contributed by atoms with van der Waals surface area (Å²) in [7, 11) is 0. The van der Waals surface area contributed by atoms with Crippen molar-refractivity contribution < 1.29 is 9.12 Å². The third-order valence-corrected chi connectivity index (χ3v) is 9.08. The van der Waals surface area contributed by atoms with E-state index in [0.717, 1.165) is 5.56 Å². The normalized spacial score (nSPS) is 13.8. The molecule has 1 aromatic carbocycles. The average molecular weight is 297 g/mol. The van der Waals surface area contributed by atoms with Crippen LogP contribution in [-0.2, 0) is 15.9 Å². The van der Waals surface area contributed by atoms with E-state index in [2.05, 4.69) is 4.49 Å².